The molecule has 0 spiro atoms. The first kappa shape index (κ1) is 15.8. The molecular weight excluding hydrogens is 282 g/mol. The van der Waals surface area contributed by atoms with Crippen molar-refractivity contribution in [2.24, 2.45) is 0 Å². The number of nitrogens with one attached hydrogen (secondary N) is 2. The number of aromatic nitrogens is 2. The molecule has 21 heavy (non-hydrogen) atoms. The van der Waals surface area contributed by atoms with Crippen molar-refractivity contribution in [3.8, 4) is 11.4 Å². The van der Waals surface area contributed by atoms with E-state index in [1.54, 1.807) is 17.8 Å². The second-order valence-corrected chi connectivity index (χ2v) is 6.80. The molecule has 1 aromatic heterocycles. The second kappa shape index (κ2) is 6.45. The Morgan fingerprint density at radius 3 is 2.48 bits per heavy atom. The molecule has 5 heteroatoms. The molecule has 0 unspecified atom stereocenters. The van der Waals surface area contributed by atoms with Crippen LogP contribution in [-0.4, -0.2) is 21.8 Å². The first-order chi connectivity index (χ1) is 9.87. The fraction of sp³-hybridized carbons (Fsp3) is 0.375. The lowest BCUT2D eigenvalue weighted by Crippen LogP contribution is -2.35. The zero-order valence-electron chi connectivity index (χ0n) is 12.9. The summed E-state index contributed by atoms with van der Waals surface area (Å²) in [5, 5.41) is 3.34. The molecule has 4 nitrogen and oxygen atoms in total. The number of rotatable bonds is 4. The van der Waals surface area contributed by atoms with Crippen LogP contribution < -0.4 is 10.9 Å². The summed E-state index contributed by atoms with van der Waals surface area (Å²) in [5.74, 6) is 0.612. The molecule has 0 aliphatic rings. The maximum absolute atomic E-state index is 11.8. The summed E-state index contributed by atoms with van der Waals surface area (Å²) in [7, 11) is 0. The molecule has 0 atom stereocenters. The zero-order chi connectivity index (χ0) is 15.5. The van der Waals surface area contributed by atoms with Gasteiger partial charge in [-0.05, 0) is 39.2 Å². The van der Waals surface area contributed by atoms with Gasteiger partial charge in [-0.1, -0.05) is 12.1 Å². The fourth-order valence-electron chi connectivity index (χ4n) is 1.84. The van der Waals surface area contributed by atoms with Gasteiger partial charge in [-0.25, -0.2) is 4.98 Å². The highest BCUT2D eigenvalue weighted by Gasteiger charge is 2.10. The van der Waals surface area contributed by atoms with E-state index in [0.29, 0.717) is 12.4 Å². The Hall–Kier alpha value is -1.59. The van der Waals surface area contributed by atoms with Crippen molar-refractivity contribution in [3.63, 3.8) is 0 Å². The van der Waals surface area contributed by atoms with Crippen molar-refractivity contribution in [3.05, 3.63) is 46.4 Å². The van der Waals surface area contributed by atoms with E-state index in [9.17, 15) is 4.79 Å². The van der Waals surface area contributed by atoms with E-state index in [4.69, 9.17) is 0 Å². The summed E-state index contributed by atoms with van der Waals surface area (Å²) >= 11 is 1.69. The average molecular weight is 303 g/mol. The zero-order valence-corrected chi connectivity index (χ0v) is 13.7. The predicted molar refractivity (Wildman–Crippen MR) is 88.7 cm³/mol. The van der Waals surface area contributed by atoms with Crippen LogP contribution in [0.5, 0.6) is 0 Å². The van der Waals surface area contributed by atoms with Crippen molar-refractivity contribution in [2.45, 2.75) is 37.8 Å². The lowest BCUT2D eigenvalue weighted by atomic mass is 10.1. The Bertz CT molecular complexity index is 656. The monoisotopic (exact) mass is 303 g/mol. The standard InChI is InChI=1S/C16H21N3OS/c1-16(2,3)17-10-12-9-14(20)19-15(18-12)11-5-7-13(21-4)8-6-11/h5-9,17H,10H2,1-4H3,(H,18,19,20). The third-order valence-electron chi connectivity index (χ3n) is 2.96. The van der Waals surface area contributed by atoms with Crippen LogP contribution in [0.3, 0.4) is 0 Å². The minimum absolute atomic E-state index is 0.00948. The van der Waals surface area contributed by atoms with E-state index in [-0.39, 0.29) is 11.1 Å². The topological polar surface area (TPSA) is 57.8 Å². The van der Waals surface area contributed by atoms with Crippen LogP contribution in [0.4, 0.5) is 0 Å². The number of hydrogen-bond donors (Lipinski definition) is 2. The molecule has 0 saturated heterocycles. The highest BCUT2D eigenvalue weighted by molar-refractivity contribution is 7.98. The first-order valence-electron chi connectivity index (χ1n) is 6.87. The molecule has 0 saturated carbocycles. The average Bonchev–Trinajstić information content (AvgIpc) is 2.44. The summed E-state index contributed by atoms with van der Waals surface area (Å²) < 4.78 is 0. The number of hydrogen-bond acceptors (Lipinski definition) is 4. The summed E-state index contributed by atoms with van der Waals surface area (Å²) in [6.45, 7) is 6.83. The van der Waals surface area contributed by atoms with Crippen LogP contribution in [0.25, 0.3) is 11.4 Å². The van der Waals surface area contributed by atoms with Crippen LogP contribution in [-0.2, 0) is 6.54 Å². The molecule has 112 valence electrons. The lowest BCUT2D eigenvalue weighted by Gasteiger charge is -2.20. The highest BCUT2D eigenvalue weighted by Crippen LogP contribution is 2.19. The van der Waals surface area contributed by atoms with E-state index in [2.05, 4.69) is 36.1 Å². The number of benzene rings is 1. The molecule has 2 N–H and O–H groups in total. The Morgan fingerprint density at radius 2 is 1.90 bits per heavy atom. The largest absolute Gasteiger partial charge is 0.307 e. The number of H-pyrrole nitrogens is 1. The highest BCUT2D eigenvalue weighted by atomic mass is 32.2. The van der Waals surface area contributed by atoms with Gasteiger partial charge in [0, 0.05) is 28.6 Å². The molecule has 2 rings (SSSR count). The van der Waals surface area contributed by atoms with Crippen molar-refractivity contribution in [1.29, 1.82) is 0 Å². The van der Waals surface area contributed by atoms with Gasteiger partial charge < -0.3 is 10.3 Å². The van der Waals surface area contributed by atoms with Gasteiger partial charge in [0.1, 0.15) is 5.82 Å². The lowest BCUT2D eigenvalue weighted by molar-refractivity contribution is 0.421. The van der Waals surface area contributed by atoms with E-state index < -0.39 is 0 Å². The van der Waals surface area contributed by atoms with Crippen LogP contribution in [0.1, 0.15) is 26.5 Å². The van der Waals surface area contributed by atoms with Gasteiger partial charge in [0.25, 0.3) is 5.56 Å². The SMILES string of the molecule is CSc1ccc(-c2nc(CNC(C)(C)C)cc(=O)[nH]2)cc1. The summed E-state index contributed by atoms with van der Waals surface area (Å²) in [4.78, 5) is 20.3. The molecule has 1 aromatic carbocycles. The second-order valence-electron chi connectivity index (χ2n) is 5.92. The molecule has 0 radical (unpaired) electrons. The van der Waals surface area contributed by atoms with E-state index in [0.717, 1.165) is 11.3 Å². The third kappa shape index (κ3) is 4.72. The maximum Gasteiger partial charge on any atom is 0.251 e. The molecule has 0 aliphatic heterocycles. The third-order valence-corrected chi connectivity index (χ3v) is 3.70. The van der Waals surface area contributed by atoms with Crippen molar-refractivity contribution in [1.82, 2.24) is 15.3 Å². The van der Waals surface area contributed by atoms with Gasteiger partial charge >= 0.3 is 0 Å². The molecular formula is C16H21N3OS. The molecule has 0 bridgehead atoms. The van der Waals surface area contributed by atoms with E-state index >= 15 is 0 Å². The molecule has 0 amide bonds. The van der Waals surface area contributed by atoms with Crippen LogP contribution in [0.15, 0.2) is 40.0 Å². The number of aromatic amines is 1. The van der Waals surface area contributed by atoms with E-state index in [1.165, 1.54) is 4.90 Å². The Balaban J connectivity index is 2.27. The Kier molecular flexibility index (Phi) is 4.85. The predicted octanol–water partition coefficient (Wildman–Crippen LogP) is 3.05. The van der Waals surface area contributed by atoms with Gasteiger partial charge in [-0.15, -0.1) is 11.8 Å². The smallest absolute Gasteiger partial charge is 0.251 e. The quantitative estimate of drug-likeness (QED) is 0.852. The fourth-order valence-corrected chi connectivity index (χ4v) is 2.25. The van der Waals surface area contributed by atoms with Gasteiger partial charge in [-0.2, -0.15) is 0 Å². The molecule has 1 heterocycles. The van der Waals surface area contributed by atoms with Crippen molar-refractivity contribution < 1.29 is 0 Å². The maximum atomic E-state index is 11.8. The van der Waals surface area contributed by atoms with E-state index in [1.807, 2.05) is 30.5 Å². The van der Waals surface area contributed by atoms with Gasteiger partial charge in [-0.3, -0.25) is 4.79 Å². The normalized spacial score (nSPS) is 11.6. The summed E-state index contributed by atoms with van der Waals surface area (Å²) in [6.07, 6.45) is 2.04. The number of nitrogens with zero attached hydrogens (tertiary/aromatic N) is 1. The van der Waals surface area contributed by atoms with Crippen LogP contribution in [0.2, 0.25) is 0 Å². The van der Waals surface area contributed by atoms with Gasteiger partial charge in [0.2, 0.25) is 0 Å². The summed E-state index contributed by atoms with van der Waals surface area (Å²) in [6, 6.07) is 9.55. The molecule has 0 aliphatic carbocycles. The van der Waals surface area contributed by atoms with Gasteiger partial charge in [0.15, 0.2) is 0 Å². The molecule has 0 fully saturated rings. The van der Waals surface area contributed by atoms with Crippen molar-refractivity contribution in [2.75, 3.05) is 6.26 Å². The Labute approximate surface area is 129 Å². The van der Waals surface area contributed by atoms with Crippen LogP contribution in [0, 0.1) is 0 Å². The Morgan fingerprint density at radius 1 is 1.24 bits per heavy atom. The van der Waals surface area contributed by atoms with Crippen LogP contribution >= 0.6 is 11.8 Å². The summed E-state index contributed by atoms with van der Waals surface area (Å²) in [5.41, 5.74) is 1.53. The first-order valence-corrected chi connectivity index (χ1v) is 8.09. The van der Waals surface area contributed by atoms with Gasteiger partial charge in [0.05, 0.1) is 5.69 Å². The number of thioether (sulfide) groups is 1. The minimum Gasteiger partial charge on any atom is -0.307 e. The van der Waals surface area contributed by atoms with Crippen molar-refractivity contribution >= 4 is 11.8 Å². The molecule has 2 aromatic rings. The minimum atomic E-state index is -0.125.